The number of carboxylic acids is 1. The van der Waals surface area contributed by atoms with E-state index in [2.05, 4.69) is 13.0 Å². The van der Waals surface area contributed by atoms with Crippen LogP contribution in [0.15, 0.2) is 18.2 Å². The van der Waals surface area contributed by atoms with Gasteiger partial charge in [-0.15, -0.1) is 0 Å². The lowest BCUT2D eigenvalue weighted by molar-refractivity contribution is -0.138. The highest BCUT2D eigenvalue weighted by Gasteiger charge is 2.43. The van der Waals surface area contributed by atoms with Crippen LogP contribution in [0.3, 0.4) is 0 Å². The second-order valence-corrected chi connectivity index (χ2v) is 5.48. The molecule has 0 aromatic heterocycles. The van der Waals surface area contributed by atoms with Crippen molar-refractivity contribution in [2.24, 2.45) is 11.8 Å². The Morgan fingerprint density at radius 2 is 2.11 bits per heavy atom. The van der Waals surface area contributed by atoms with E-state index >= 15 is 0 Å². The van der Waals surface area contributed by atoms with Gasteiger partial charge in [0.25, 0.3) is 0 Å². The van der Waals surface area contributed by atoms with Gasteiger partial charge in [-0.05, 0) is 42.4 Å². The van der Waals surface area contributed by atoms with Crippen molar-refractivity contribution in [2.75, 3.05) is 13.2 Å². The van der Waals surface area contributed by atoms with Crippen LogP contribution >= 0.6 is 0 Å². The van der Waals surface area contributed by atoms with Gasteiger partial charge in [0.1, 0.15) is 13.2 Å². The molecular formula is C15H18O4. The molecule has 3 rings (SSSR count). The molecule has 3 atom stereocenters. The number of benzene rings is 1. The summed E-state index contributed by atoms with van der Waals surface area (Å²) in [5.74, 6) is 1.52. The summed E-state index contributed by atoms with van der Waals surface area (Å²) in [6.45, 7) is 3.33. The number of fused-ring (bicyclic) bond motifs is 1. The SMILES string of the molecule is CC(CC1CC1C(=O)O)c1ccc2c(c1)OCCO2. The molecule has 1 aliphatic carbocycles. The molecule has 1 N–H and O–H groups in total. The minimum Gasteiger partial charge on any atom is -0.486 e. The van der Waals surface area contributed by atoms with Gasteiger partial charge in [-0.3, -0.25) is 4.79 Å². The van der Waals surface area contributed by atoms with E-state index in [4.69, 9.17) is 14.6 Å². The zero-order valence-corrected chi connectivity index (χ0v) is 11.0. The first-order chi connectivity index (χ1) is 9.15. The zero-order chi connectivity index (χ0) is 13.4. The molecule has 0 radical (unpaired) electrons. The van der Waals surface area contributed by atoms with Crippen molar-refractivity contribution in [2.45, 2.75) is 25.7 Å². The maximum atomic E-state index is 10.8. The van der Waals surface area contributed by atoms with Crippen LogP contribution in [-0.4, -0.2) is 24.3 Å². The van der Waals surface area contributed by atoms with E-state index < -0.39 is 5.97 Å². The Labute approximate surface area is 112 Å². The van der Waals surface area contributed by atoms with E-state index in [9.17, 15) is 4.79 Å². The van der Waals surface area contributed by atoms with Crippen molar-refractivity contribution in [3.05, 3.63) is 23.8 Å². The van der Waals surface area contributed by atoms with Crippen molar-refractivity contribution in [3.8, 4) is 11.5 Å². The predicted molar refractivity (Wildman–Crippen MR) is 69.7 cm³/mol. The molecule has 102 valence electrons. The molecule has 1 heterocycles. The van der Waals surface area contributed by atoms with Gasteiger partial charge in [-0.25, -0.2) is 0 Å². The van der Waals surface area contributed by atoms with Crippen LogP contribution in [0.2, 0.25) is 0 Å². The summed E-state index contributed by atoms with van der Waals surface area (Å²) in [5, 5.41) is 8.93. The third-order valence-electron chi connectivity index (χ3n) is 4.03. The first-order valence-electron chi connectivity index (χ1n) is 6.77. The molecule has 4 nitrogen and oxygen atoms in total. The smallest absolute Gasteiger partial charge is 0.306 e. The number of carboxylic acid groups (broad SMARTS) is 1. The molecule has 1 aliphatic heterocycles. The van der Waals surface area contributed by atoms with Crippen molar-refractivity contribution in [1.29, 1.82) is 0 Å². The maximum absolute atomic E-state index is 10.8. The first kappa shape index (κ1) is 12.3. The third-order valence-corrected chi connectivity index (χ3v) is 4.03. The number of hydrogen-bond acceptors (Lipinski definition) is 3. The third kappa shape index (κ3) is 2.53. The molecular weight excluding hydrogens is 244 g/mol. The Hall–Kier alpha value is -1.71. The fourth-order valence-corrected chi connectivity index (χ4v) is 2.77. The Morgan fingerprint density at radius 1 is 1.37 bits per heavy atom. The number of aliphatic carboxylic acids is 1. The van der Waals surface area contributed by atoms with Crippen LogP contribution in [0, 0.1) is 11.8 Å². The highest BCUT2D eigenvalue weighted by Crippen LogP contribution is 2.45. The molecule has 3 unspecified atom stereocenters. The Bertz CT molecular complexity index is 497. The monoisotopic (exact) mass is 262 g/mol. The van der Waals surface area contributed by atoms with E-state index in [-0.39, 0.29) is 5.92 Å². The molecule has 1 aromatic rings. The van der Waals surface area contributed by atoms with Crippen LogP contribution in [0.5, 0.6) is 11.5 Å². The van der Waals surface area contributed by atoms with Gasteiger partial charge in [0.2, 0.25) is 0 Å². The van der Waals surface area contributed by atoms with Crippen LogP contribution in [0.25, 0.3) is 0 Å². The second kappa shape index (κ2) is 4.76. The quantitative estimate of drug-likeness (QED) is 0.906. The average molecular weight is 262 g/mol. The van der Waals surface area contributed by atoms with Crippen molar-refractivity contribution >= 4 is 5.97 Å². The first-order valence-corrected chi connectivity index (χ1v) is 6.77. The zero-order valence-electron chi connectivity index (χ0n) is 11.0. The van der Waals surface area contributed by atoms with Crippen molar-refractivity contribution in [3.63, 3.8) is 0 Å². The standard InChI is InChI=1S/C15H18O4/c1-9(6-11-7-12(11)15(16)17)10-2-3-13-14(8-10)19-5-4-18-13/h2-3,8-9,11-12H,4-7H2,1H3,(H,16,17). The molecule has 0 saturated heterocycles. The van der Waals surface area contributed by atoms with E-state index in [1.54, 1.807) is 0 Å². The normalized spacial score (nSPS) is 25.7. The average Bonchev–Trinajstić information content (AvgIpc) is 3.17. The topological polar surface area (TPSA) is 55.8 Å². The summed E-state index contributed by atoms with van der Waals surface area (Å²) in [6, 6.07) is 6.02. The highest BCUT2D eigenvalue weighted by molar-refractivity contribution is 5.73. The van der Waals surface area contributed by atoms with Crippen LogP contribution in [0.4, 0.5) is 0 Å². The summed E-state index contributed by atoms with van der Waals surface area (Å²) in [5.41, 5.74) is 1.19. The largest absolute Gasteiger partial charge is 0.486 e. The molecule has 1 aromatic carbocycles. The molecule has 4 heteroatoms. The maximum Gasteiger partial charge on any atom is 0.306 e. The Morgan fingerprint density at radius 3 is 2.79 bits per heavy atom. The summed E-state index contributed by atoms with van der Waals surface area (Å²) < 4.78 is 11.1. The van der Waals surface area contributed by atoms with Gasteiger partial charge in [0, 0.05) is 0 Å². The van der Waals surface area contributed by atoms with Gasteiger partial charge in [0.15, 0.2) is 11.5 Å². The second-order valence-electron chi connectivity index (χ2n) is 5.48. The lowest BCUT2D eigenvalue weighted by Crippen LogP contribution is -2.15. The lowest BCUT2D eigenvalue weighted by Gasteiger charge is -2.20. The van der Waals surface area contributed by atoms with Crippen LogP contribution in [-0.2, 0) is 4.79 Å². The van der Waals surface area contributed by atoms with Gasteiger partial charge >= 0.3 is 5.97 Å². The van der Waals surface area contributed by atoms with E-state index in [0.717, 1.165) is 24.3 Å². The summed E-state index contributed by atoms with van der Waals surface area (Å²) >= 11 is 0. The highest BCUT2D eigenvalue weighted by atomic mass is 16.6. The predicted octanol–water partition coefficient (Wildman–Crippen LogP) is 2.67. The van der Waals surface area contributed by atoms with E-state index in [1.807, 2.05) is 12.1 Å². The number of carbonyl (C=O) groups is 1. The molecule has 2 aliphatic rings. The molecule has 0 bridgehead atoms. The van der Waals surface area contributed by atoms with Gasteiger partial charge in [-0.2, -0.15) is 0 Å². The van der Waals surface area contributed by atoms with E-state index in [1.165, 1.54) is 5.56 Å². The summed E-state index contributed by atoms with van der Waals surface area (Å²) in [4.78, 5) is 10.8. The fourth-order valence-electron chi connectivity index (χ4n) is 2.77. The molecule has 0 spiro atoms. The van der Waals surface area contributed by atoms with Gasteiger partial charge in [-0.1, -0.05) is 13.0 Å². The molecule has 19 heavy (non-hydrogen) atoms. The number of ether oxygens (including phenoxy) is 2. The molecule has 1 fully saturated rings. The number of rotatable bonds is 4. The molecule has 0 amide bonds. The fraction of sp³-hybridized carbons (Fsp3) is 0.533. The summed E-state index contributed by atoms with van der Waals surface area (Å²) in [7, 11) is 0. The van der Waals surface area contributed by atoms with Crippen LogP contribution < -0.4 is 9.47 Å². The van der Waals surface area contributed by atoms with Gasteiger partial charge in [0.05, 0.1) is 5.92 Å². The Balaban J connectivity index is 1.67. The lowest BCUT2D eigenvalue weighted by atomic mass is 9.94. The van der Waals surface area contributed by atoms with Crippen molar-refractivity contribution < 1.29 is 19.4 Å². The summed E-state index contributed by atoms with van der Waals surface area (Å²) in [6.07, 6.45) is 1.75. The Kier molecular flexibility index (Phi) is 3.09. The molecule has 1 saturated carbocycles. The minimum atomic E-state index is -0.653. The minimum absolute atomic E-state index is 0.125. The van der Waals surface area contributed by atoms with Gasteiger partial charge < -0.3 is 14.6 Å². The van der Waals surface area contributed by atoms with Crippen LogP contribution in [0.1, 0.15) is 31.2 Å². The number of hydrogen-bond donors (Lipinski definition) is 1. The van der Waals surface area contributed by atoms with E-state index in [0.29, 0.717) is 25.0 Å². The van der Waals surface area contributed by atoms with Crippen molar-refractivity contribution in [1.82, 2.24) is 0 Å².